The lowest BCUT2D eigenvalue weighted by Crippen LogP contribution is -2.07. The average molecular weight is 275 g/mol. The van der Waals surface area contributed by atoms with Crippen molar-refractivity contribution in [3.63, 3.8) is 0 Å². The minimum absolute atomic E-state index is 0.0728. The van der Waals surface area contributed by atoms with Gasteiger partial charge < -0.3 is 0 Å². The number of benzene rings is 2. The van der Waals surface area contributed by atoms with E-state index in [1.807, 2.05) is 44.2 Å². The zero-order valence-electron chi connectivity index (χ0n) is 12.5. The maximum atomic E-state index is 13.0. The van der Waals surface area contributed by atoms with Crippen LogP contribution in [0.5, 0.6) is 0 Å². The number of pyridine rings is 1. The van der Waals surface area contributed by atoms with Crippen molar-refractivity contribution in [2.24, 2.45) is 0 Å². The van der Waals surface area contributed by atoms with Gasteiger partial charge in [0.05, 0.1) is 5.52 Å². The minimum Gasteiger partial charge on any atom is -0.289 e. The Morgan fingerprint density at radius 2 is 1.67 bits per heavy atom. The number of aryl methyl sites for hydroxylation is 3. The van der Waals surface area contributed by atoms with Crippen LogP contribution in [0, 0.1) is 20.8 Å². The molecule has 2 nitrogen and oxygen atoms in total. The van der Waals surface area contributed by atoms with E-state index in [9.17, 15) is 4.79 Å². The van der Waals surface area contributed by atoms with Crippen LogP contribution in [0.2, 0.25) is 0 Å². The molecule has 0 radical (unpaired) electrons. The standard InChI is InChI=1S/C19H17NO/c1-12-10-13(2)18(14(3)11-12)19(21)16-6-4-8-17-15(16)7-5-9-20-17/h4-11H,1-3H3. The molecule has 0 saturated carbocycles. The van der Waals surface area contributed by atoms with Crippen LogP contribution < -0.4 is 0 Å². The van der Waals surface area contributed by atoms with E-state index in [-0.39, 0.29) is 5.78 Å². The van der Waals surface area contributed by atoms with Crippen LogP contribution in [0.3, 0.4) is 0 Å². The molecular formula is C19H17NO. The van der Waals surface area contributed by atoms with Gasteiger partial charge in [-0.3, -0.25) is 9.78 Å². The molecule has 0 saturated heterocycles. The SMILES string of the molecule is Cc1cc(C)c(C(=O)c2cccc3ncccc23)c(C)c1. The number of carbonyl (C=O) groups is 1. The first-order valence-corrected chi connectivity index (χ1v) is 7.04. The average Bonchev–Trinajstić information content (AvgIpc) is 2.45. The first kappa shape index (κ1) is 13.5. The van der Waals surface area contributed by atoms with Crippen molar-refractivity contribution in [3.8, 4) is 0 Å². The van der Waals surface area contributed by atoms with E-state index in [2.05, 4.69) is 24.0 Å². The highest BCUT2D eigenvalue weighted by Crippen LogP contribution is 2.24. The van der Waals surface area contributed by atoms with E-state index in [1.54, 1.807) is 6.20 Å². The summed E-state index contributed by atoms with van der Waals surface area (Å²) in [5.41, 5.74) is 5.61. The second-order valence-corrected chi connectivity index (χ2v) is 5.48. The maximum absolute atomic E-state index is 13.0. The Balaban J connectivity index is 2.22. The third kappa shape index (κ3) is 2.33. The topological polar surface area (TPSA) is 30.0 Å². The highest BCUT2D eigenvalue weighted by molar-refractivity contribution is 6.17. The summed E-state index contributed by atoms with van der Waals surface area (Å²) in [6.45, 7) is 6.04. The maximum Gasteiger partial charge on any atom is 0.194 e. The van der Waals surface area contributed by atoms with Crippen molar-refractivity contribution in [1.82, 2.24) is 4.98 Å². The molecule has 0 unspecified atom stereocenters. The molecule has 0 aliphatic carbocycles. The minimum atomic E-state index is 0.0728. The first-order valence-electron chi connectivity index (χ1n) is 7.04. The zero-order valence-corrected chi connectivity index (χ0v) is 12.5. The molecule has 2 heteroatoms. The van der Waals surface area contributed by atoms with Gasteiger partial charge in [-0.25, -0.2) is 0 Å². The predicted molar refractivity (Wildman–Crippen MR) is 85.8 cm³/mol. The molecule has 0 fully saturated rings. The molecule has 1 aromatic heterocycles. The molecule has 3 aromatic rings. The highest BCUT2D eigenvalue weighted by Gasteiger charge is 2.17. The largest absolute Gasteiger partial charge is 0.289 e. The Bertz CT molecular complexity index is 821. The number of nitrogens with zero attached hydrogens (tertiary/aromatic N) is 1. The number of fused-ring (bicyclic) bond motifs is 1. The van der Waals surface area contributed by atoms with E-state index >= 15 is 0 Å². The highest BCUT2D eigenvalue weighted by atomic mass is 16.1. The molecule has 1 heterocycles. The molecule has 0 aliphatic rings. The molecule has 104 valence electrons. The van der Waals surface area contributed by atoms with Gasteiger partial charge in [0.25, 0.3) is 0 Å². The first-order chi connectivity index (χ1) is 10.1. The fourth-order valence-corrected chi connectivity index (χ4v) is 2.97. The Kier molecular flexibility index (Phi) is 3.30. The van der Waals surface area contributed by atoms with Crippen LogP contribution in [0.4, 0.5) is 0 Å². The van der Waals surface area contributed by atoms with E-state index in [4.69, 9.17) is 0 Å². The van der Waals surface area contributed by atoms with Crippen molar-refractivity contribution < 1.29 is 4.79 Å². The molecule has 0 N–H and O–H groups in total. The summed E-state index contributed by atoms with van der Waals surface area (Å²) < 4.78 is 0. The van der Waals surface area contributed by atoms with Crippen molar-refractivity contribution in [1.29, 1.82) is 0 Å². The molecule has 0 amide bonds. The van der Waals surface area contributed by atoms with Crippen molar-refractivity contribution in [2.45, 2.75) is 20.8 Å². The van der Waals surface area contributed by atoms with Crippen LogP contribution in [0.25, 0.3) is 10.9 Å². The molecular weight excluding hydrogens is 258 g/mol. The van der Waals surface area contributed by atoms with Gasteiger partial charge in [-0.1, -0.05) is 35.9 Å². The Morgan fingerprint density at radius 3 is 2.38 bits per heavy atom. The number of hydrogen-bond donors (Lipinski definition) is 0. The number of hydrogen-bond acceptors (Lipinski definition) is 2. The Hall–Kier alpha value is -2.48. The molecule has 0 atom stereocenters. The fraction of sp³-hybridized carbons (Fsp3) is 0.158. The van der Waals surface area contributed by atoms with Crippen LogP contribution in [-0.2, 0) is 0 Å². The molecule has 3 rings (SSSR count). The van der Waals surface area contributed by atoms with Crippen molar-refractivity contribution in [3.05, 3.63) is 76.5 Å². The van der Waals surface area contributed by atoms with Crippen LogP contribution in [0.15, 0.2) is 48.7 Å². The second-order valence-electron chi connectivity index (χ2n) is 5.48. The molecule has 21 heavy (non-hydrogen) atoms. The summed E-state index contributed by atoms with van der Waals surface area (Å²) in [7, 11) is 0. The Morgan fingerprint density at radius 1 is 0.952 bits per heavy atom. The predicted octanol–water partition coefficient (Wildman–Crippen LogP) is 4.39. The van der Waals surface area contributed by atoms with Gasteiger partial charge in [-0.05, 0) is 44.0 Å². The molecule has 2 aromatic carbocycles. The molecule has 0 bridgehead atoms. The van der Waals surface area contributed by atoms with Crippen molar-refractivity contribution >= 4 is 16.7 Å². The second kappa shape index (κ2) is 5.13. The summed E-state index contributed by atoms with van der Waals surface area (Å²) in [6, 6.07) is 13.6. The lowest BCUT2D eigenvalue weighted by atomic mass is 9.91. The number of aromatic nitrogens is 1. The zero-order chi connectivity index (χ0) is 15.0. The summed E-state index contributed by atoms with van der Waals surface area (Å²) >= 11 is 0. The normalized spacial score (nSPS) is 10.8. The number of carbonyl (C=O) groups excluding carboxylic acids is 1. The third-order valence-electron chi connectivity index (χ3n) is 3.79. The third-order valence-corrected chi connectivity index (χ3v) is 3.79. The van der Waals surface area contributed by atoms with Crippen molar-refractivity contribution in [2.75, 3.05) is 0 Å². The van der Waals surface area contributed by atoms with Gasteiger partial charge in [0.1, 0.15) is 0 Å². The van der Waals surface area contributed by atoms with E-state index in [0.29, 0.717) is 0 Å². The number of rotatable bonds is 2. The van der Waals surface area contributed by atoms with Crippen LogP contribution in [0.1, 0.15) is 32.6 Å². The van der Waals surface area contributed by atoms with Gasteiger partial charge in [-0.2, -0.15) is 0 Å². The van der Waals surface area contributed by atoms with Gasteiger partial charge in [0.2, 0.25) is 0 Å². The quantitative estimate of drug-likeness (QED) is 0.649. The summed E-state index contributed by atoms with van der Waals surface area (Å²) in [6.07, 6.45) is 1.75. The smallest absolute Gasteiger partial charge is 0.194 e. The van der Waals surface area contributed by atoms with E-state index < -0.39 is 0 Å². The lowest BCUT2D eigenvalue weighted by molar-refractivity contribution is 0.103. The Labute approximate surface area is 124 Å². The molecule has 0 aliphatic heterocycles. The van der Waals surface area contributed by atoms with Crippen LogP contribution in [-0.4, -0.2) is 10.8 Å². The van der Waals surface area contributed by atoms with Crippen LogP contribution >= 0.6 is 0 Å². The lowest BCUT2D eigenvalue weighted by Gasteiger charge is -2.12. The van der Waals surface area contributed by atoms with E-state index in [1.165, 1.54) is 5.56 Å². The van der Waals surface area contributed by atoms with Gasteiger partial charge >= 0.3 is 0 Å². The van der Waals surface area contributed by atoms with Gasteiger partial charge in [-0.15, -0.1) is 0 Å². The fourth-order valence-electron chi connectivity index (χ4n) is 2.97. The number of ketones is 1. The monoisotopic (exact) mass is 275 g/mol. The summed E-state index contributed by atoms with van der Waals surface area (Å²) in [4.78, 5) is 17.3. The summed E-state index contributed by atoms with van der Waals surface area (Å²) in [5.74, 6) is 0.0728. The van der Waals surface area contributed by atoms with E-state index in [0.717, 1.165) is 33.2 Å². The van der Waals surface area contributed by atoms with Gasteiger partial charge in [0.15, 0.2) is 5.78 Å². The van der Waals surface area contributed by atoms with Gasteiger partial charge in [0, 0.05) is 22.7 Å². The summed E-state index contributed by atoms with van der Waals surface area (Å²) in [5, 5.41) is 0.907. The molecule has 0 spiro atoms.